The minimum absolute atomic E-state index is 0.436. The van der Waals surface area contributed by atoms with Crippen LogP contribution in [0.5, 0.6) is 0 Å². The molecule has 2 aromatic rings. The number of aromatic nitrogens is 1. The van der Waals surface area contributed by atoms with E-state index in [2.05, 4.69) is 41.4 Å². The predicted molar refractivity (Wildman–Crippen MR) is 100 cm³/mol. The van der Waals surface area contributed by atoms with Crippen LogP contribution in [0.15, 0.2) is 41.3 Å². The molecule has 2 heterocycles. The smallest absolute Gasteiger partial charge is 0.127 e. The molecule has 1 fully saturated rings. The van der Waals surface area contributed by atoms with Gasteiger partial charge in [-0.2, -0.15) is 4.33 Å². The minimum atomic E-state index is 0.436. The molecule has 6 heteroatoms. The highest BCUT2D eigenvalue weighted by atomic mass is 32.2. The number of pyridine rings is 1. The van der Waals surface area contributed by atoms with Gasteiger partial charge in [0.1, 0.15) is 5.82 Å². The summed E-state index contributed by atoms with van der Waals surface area (Å²) in [4.78, 5) is 10.4. The highest BCUT2D eigenvalue weighted by molar-refractivity contribution is 7.94. The first-order valence-electron chi connectivity index (χ1n) is 8.61. The number of benzene rings is 1. The van der Waals surface area contributed by atoms with E-state index in [0.717, 1.165) is 54.4 Å². The average molecular weight is 360 g/mol. The Bertz CT molecular complexity index is 673. The summed E-state index contributed by atoms with van der Waals surface area (Å²) in [6.07, 6.45) is 3.03. The molecule has 134 valence electrons. The van der Waals surface area contributed by atoms with Gasteiger partial charge in [-0.3, -0.25) is 0 Å². The number of anilines is 1. The van der Waals surface area contributed by atoms with Crippen LogP contribution in [0.25, 0.3) is 11.3 Å². The summed E-state index contributed by atoms with van der Waals surface area (Å²) in [6, 6.07) is 12.9. The van der Waals surface area contributed by atoms with E-state index in [9.17, 15) is 0 Å². The lowest BCUT2D eigenvalue weighted by molar-refractivity contribution is -0.160. The molecule has 0 unspecified atom stereocenters. The molecule has 0 amide bonds. The predicted octanol–water partition coefficient (Wildman–Crippen LogP) is 4.49. The van der Waals surface area contributed by atoms with Gasteiger partial charge in [-0.1, -0.05) is 19.1 Å². The van der Waals surface area contributed by atoms with Gasteiger partial charge >= 0.3 is 0 Å². The second-order valence-corrected chi connectivity index (χ2v) is 6.75. The molecule has 0 atom stereocenters. The number of hydrogen-bond donors (Lipinski definition) is 1. The highest BCUT2D eigenvalue weighted by Gasteiger charge is 2.14. The standard InChI is InChI=1S/C19H24N2O3S/c1-3-14-12-18(15-4-6-17(7-5-15)25-24-22-2)21-19(13-14)20-16-8-10-23-11-9-16/h4-7,12-13,16H,3,8-11H2,1-2H3,(H,20,21). The summed E-state index contributed by atoms with van der Waals surface area (Å²) >= 11 is 1.19. The van der Waals surface area contributed by atoms with E-state index in [1.54, 1.807) is 0 Å². The minimum Gasteiger partial charge on any atom is -0.381 e. The summed E-state index contributed by atoms with van der Waals surface area (Å²) in [7, 11) is 1.49. The van der Waals surface area contributed by atoms with Crippen molar-refractivity contribution >= 4 is 17.9 Å². The van der Waals surface area contributed by atoms with Crippen LogP contribution in [0.2, 0.25) is 0 Å². The Morgan fingerprint density at radius 2 is 1.96 bits per heavy atom. The van der Waals surface area contributed by atoms with Crippen LogP contribution in [-0.2, 0) is 20.4 Å². The van der Waals surface area contributed by atoms with Crippen molar-refractivity contribution in [2.45, 2.75) is 37.1 Å². The molecule has 1 saturated heterocycles. The molecule has 1 aromatic heterocycles. The Kier molecular flexibility index (Phi) is 6.69. The van der Waals surface area contributed by atoms with E-state index in [0.29, 0.717) is 6.04 Å². The fraction of sp³-hybridized carbons (Fsp3) is 0.421. The van der Waals surface area contributed by atoms with Crippen molar-refractivity contribution in [3.63, 3.8) is 0 Å². The number of ether oxygens (including phenoxy) is 1. The molecule has 25 heavy (non-hydrogen) atoms. The van der Waals surface area contributed by atoms with E-state index >= 15 is 0 Å². The van der Waals surface area contributed by atoms with Gasteiger partial charge in [-0.15, -0.1) is 0 Å². The van der Waals surface area contributed by atoms with Crippen LogP contribution >= 0.6 is 12.0 Å². The van der Waals surface area contributed by atoms with Gasteiger partial charge in [0.15, 0.2) is 0 Å². The number of nitrogens with one attached hydrogen (secondary N) is 1. The van der Waals surface area contributed by atoms with Crippen molar-refractivity contribution in [1.29, 1.82) is 0 Å². The first-order valence-corrected chi connectivity index (χ1v) is 9.35. The van der Waals surface area contributed by atoms with Gasteiger partial charge < -0.3 is 10.1 Å². The summed E-state index contributed by atoms with van der Waals surface area (Å²) < 4.78 is 10.3. The molecule has 5 nitrogen and oxygen atoms in total. The molecule has 3 rings (SSSR count). The third kappa shape index (κ3) is 5.19. The Morgan fingerprint density at radius 1 is 1.20 bits per heavy atom. The summed E-state index contributed by atoms with van der Waals surface area (Å²) in [5.41, 5.74) is 3.35. The van der Waals surface area contributed by atoms with Crippen molar-refractivity contribution in [2.75, 3.05) is 25.6 Å². The quantitative estimate of drug-likeness (QED) is 0.446. The van der Waals surface area contributed by atoms with Gasteiger partial charge in [0.05, 0.1) is 24.8 Å². The molecule has 0 radical (unpaired) electrons. The second-order valence-electron chi connectivity index (χ2n) is 5.97. The third-order valence-corrected chi connectivity index (χ3v) is 4.88. The lowest BCUT2D eigenvalue weighted by Crippen LogP contribution is -2.28. The normalized spacial score (nSPS) is 15.3. The van der Waals surface area contributed by atoms with Crippen molar-refractivity contribution in [3.05, 3.63) is 42.0 Å². The fourth-order valence-electron chi connectivity index (χ4n) is 2.82. The van der Waals surface area contributed by atoms with Crippen LogP contribution in [0.4, 0.5) is 5.82 Å². The van der Waals surface area contributed by atoms with E-state index in [4.69, 9.17) is 14.1 Å². The molecule has 1 aromatic carbocycles. The Hall–Kier alpha value is -1.60. The van der Waals surface area contributed by atoms with Crippen LogP contribution in [0.1, 0.15) is 25.3 Å². The van der Waals surface area contributed by atoms with Crippen LogP contribution in [-0.4, -0.2) is 31.3 Å². The zero-order valence-corrected chi connectivity index (χ0v) is 15.5. The van der Waals surface area contributed by atoms with E-state index in [-0.39, 0.29) is 0 Å². The topological polar surface area (TPSA) is 52.6 Å². The fourth-order valence-corrected chi connectivity index (χ4v) is 3.21. The van der Waals surface area contributed by atoms with Crippen molar-refractivity contribution in [1.82, 2.24) is 4.98 Å². The van der Waals surface area contributed by atoms with E-state index < -0.39 is 0 Å². The molecule has 1 aliphatic heterocycles. The summed E-state index contributed by atoms with van der Waals surface area (Å²) in [5, 5.41) is 3.57. The molecule has 0 bridgehead atoms. The third-order valence-electron chi connectivity index (χ3n) is 4.22. The van der Waals surface area contributed by atoms with Gasteiger partial charge in [-0.05, 0) is 49.1 Å². The lowest BCUT2D eigenvalue weighted by atomic mass is 10.1. The monoisotopic (exact) mass is 360 g/mol. The van der Waals surface area contributed by atoms with Crippen molar-refractivity contribution < 1.29 is 14.0 Å². The summed E-state index contributed by atoms with van der Waals surface area (Å²) in [6.45, 7) is 3.81. The number of aryl methyl sites for hydroxylation is 1. The first-order chi connectivity index (χ1) is 12.3. The largest absolute Gasteiger partial charge is 0.381 e. The molecule has 1 aliphatic rings. The maximum Gasteiger partial charge on any atom is 0.127 e. The zero-order valence-electron chi connectivity index (χ0n) is 14.7. The van der Waals surface area contributed by atoms with E-state index in [1.807, 2.05) is 12.1 Å². The van der Waals surface area contributed by atoms with Crippen molar-refractivity contribution in [3.8, 4) is 11.3 Å². The molecule has 0 saturated carbocycles. The van der Waals surface area contributed by atoms with E-state index in [1.165, 1.54) is 24.7 Å². The highest BCUT2D eigenvalue weighted by Crippen LogP contribution is 2.26. The Balaban J connectivity index is 1.78. The van der Waals surface area contributed by atoms with Gasteiger partial charge in [0, 0.05) is 29.7 Å². The molecular formula is C19H24N2O3S. The van der Waals surface area contributed by atoms with Gasteiger partial charge in [0.25, 0.3) is 0 Å². The Morgan fingerprint density at radius 3 is 2.64 bits per heavy atom. The lowest BCUT2D eigenvalue weighted by Gasteiger charge is -2.24. The molecule has 0 aliphatic carbocycles. The Labute approximate surface area is 153 Å². The van der Waals surface area contributed by atoms with Crippen LogP contribution in [0.3, 0.4) is 0 Å². The van der Waals surface area contributed by atoms with Gasteiger partial charge in [0.2, 0.25) is 0 Å². The average Bonchev–Trinajstić information content (AvgIpc) is 2.67. The molecule has 1 N–H and O–H groups in total. The second kappa shape index (κ2) is 9.20. The molecule has 0 spiro atoms. The number of hydrogen-bond acceptors (Lipinski definition) is 6. The number of nitrogens with zero attached hydrogens (tertiary/aromatic N) is 1. The first kappa shape index (κ1) is 18.2. The maximum atomic E-state index is 5.43. The van der Waals surface area contributed by atoms with Crippen LogP contribution < -0.4 is 5.32 Å². The van der Waals surface area contributed by atoms with Crippen molar-refractivity contribution in [2.24, 2.45) is 0 Å². The zero-order chi connectivity index (χ0) is 17.5. The maximum absolute atomic E-state index is 5.43. The number of rotatable bonds is 7. The summed E-state index contributed by atoms with van der Waals surface area (Å²) in [5.74, 6) is 0.947. The van der Waals surface area contributed by atoms with Crippen LogP contribution in [0, 0.1) is 0 Å². The molecular weight excluding hydrogens is 336 g/mol. The van der Waals surface area contributed by atoms with Gasteiger partial charge in [-0.25, -0.2) is 9.87 Å². The SMILES string of the molecule is CCc1cc(NC2CCOCC2)nc(-c2ccc(SOOC)cc2)c1.